The van der Waals surface area contributed by atoms with E-state index < -0.39 is 0 Å². The van der Waals surface area contributed by atoms with Gasteiger partial charge in [-0.1, -0.05) is 12.5 Å². The van der Waals surface area contributed by atoms with E-state index in [2.05, 4.69) is 6.07 Å². The first-order valence-electron chi connectivity index (χ1n) is 5.50. The summed E-state index contributed by atoms with van der Waals surface area (Å²) in [5, 5.41) is 0. The minimum absolute atomic E-state index is 0.160. The number of rotatable bonds is 2. The van der Waals surface area contributed by atoms with E-state index in [4.69, 9.17) is 15.2 Å². The summed E-state index contributed by atoms with van der Waals surface area (Å²) < 4.78 is 10.6. The van der Waals surface area contributed by atoms with E-state index in [0.717, 1.165) is 11.5 Å². The van der Waals surface area contributed by atoms with Crippen molar-refractivity contribution in [3.05, 3.63) is 23.8 Å². The van der Waals surface area contributed by atoms with Crippen LogP contribution in [0.2, 0.25) is 0 Å². The lowest BCUT2D eigenvalue weighted by molar-refractivity contribution is 0.174. The zero-order valence-electron chi connectivity index (χ0n) is 8.61. The molecule has 15 heavy (non-hydrogen) atoms. The molecule has 1 saturated carbocycles. The predicted molar refractivity (Wildman–Crippen MR) is 56.8 cm³/mol. The summed E-state index contributed by atoms with van der Waals surface area (Å²) in [6.45, 7) is 0.331. The molecule has 2 aliphatic rings. The first-order valence-corrected chi connectivity index (χ1v) is 5.50. The molecule has 1 aliphatic carbocycles. The minimum atomic E-state index is 0.160. The molecule has 0 unspecified atom stereocenters. The van der Waals surface area contributed by atoms with Gasteiger partial charge < -0.3 is 15.2 Å². The zero-order chi connectivity index (χ0) is 10.3. The molecule has 1 heterocycles. The number of nitrogens with two attached hydrogens (primary N) is 1. The molecule has 0 amide bonds. The van der Waals surface area contributed by atoms with Crippen LogP contribution in [0.3, 0.4) is 0 Å². The normalized spacial score (nSPS) is 21.1. The molecule has 1 aromatic carbocycles. The average Bonchev–Trinajstić information content (AvgIpc) is 2.61. The van der Waals surface area contributed by atoms with Crippen molar-refractivity contribution in [2.45, 2.75) is 25.3 Å². The second kappa shape index (κ2) is 3.42. The van der Waals surface area contributed by atoms with Gasteiger partial charge in [0.1, 0.15) is 0 Å². The van der Waals surface area contributed by atoms with Crippen molar-refractivity contribution in [3.8, 4) is 11.5 Å². The second-order valence-corrected chi connectivity index (χ2v) is 4.33. The SMILES string of the molecule is N[C@H](c1ccc2c(c1)OCO2)C1CCC1. The summed E-state index contributed by atoms with van der Waals surface area (Å²) >= 11 is 0. The Labute approximate surface area is 89.2 Å². The van der Waals surface area contributed by atoms with Gasteiger partial charge in [0.15, 0.2) is 11.5 Å². The summed E-state index contributed by atoms with van der Waals surface area (Å²) in [5.41, 5.74) is 7.37. The van der Waals surface area contributed by atoms with Gasteiger partial charge in [0.2, 0.25) is 6.79 Å². The van der Waals surface area contributed by atoms with Gasteiger partial charge in [0.25, 0.3) is 0 Å². The fourth-order valence-electron chi connectivity index (χ4n) is 2.19. The van der Waals surface area contributed by atoms with E-state index in [9.17, 15) is 0 Å². The van der Waals surface area contributed by atoms with E-state index >= 15 is 0 Å². The molecule has 3 nitrogen and oxygen atoms in total. The van der Waals surface area contributed by atoms with Crippen molar-refractivity contribution in [2.24, 2.45) is 11.7 Å². The predicted octanol–water partition coefficient (Wildman–Crippen LogP) is 2.22. The molecule has 0 saturated heterocycles. The van der Waals surface area contributed by atoms with Crippen LogP contribution in [0.5, 0.6) is 11.5 Å². The fraction of sp³-hybridized carbons (Fsp3) is 0.500. The largest absolute Gasteiger partial charge is 0.454 e. The van der Waals surface area contributed by atoms with Gasteiger partial charge >= 0.3 is 0 Å². The standard InChI is InChI=1S/C12H15NO2/c13-12(8-2-1-3-8)9-4-5-10-11(6-9)15-7-14-10/h4-6,8,12H,1-3,7,13H2/t12-/m0/s1. The molecule has 80 valence electrons. The van der Waals surface area contributed by atoms with Crippen LogP contribution in [0.4, 0.5) is 0 Å². The van der Waals surface area contributed by atoms with Gasteiger partial charge in [-0.15, -0.1) is 0 Å². The van der Waals surface area contributed by atoms with Crippen LogP contribution in [0.25, 0.3) is 0 Å². The van der Waals surface area contributed by atoms with Gasteiger partial charge in [-0.25, -0.2) is 0 Å². The highest BCUT2D eigenvalue weighted by Crippen LogP contribution is 2.39. The molecule has 0 spiro atoms. The lowest BCUT2D eigenvalue weighted by Gasteiger charge is -2.31. The number of fused-ring (bicyclic) bond motifs is 1. The van der Waals surface area contributed by atoms with E-state index in [1.165, 1.54) is 24.8 Å². The van der Waals surface area contributed by atoms with Crippen molar-refractivity contribution < 1.29 is 9.47 Å². The fourth-order valence-corrected chi connectivity index (χ4v) is 2.19. The Morgan fingerprint density at radius 1 is 1.20 bits per heavy atom. The molecular weight excluding hydrogens is 190 g/mol. The number of hydrogen-bond acceptors (Lipinski definition) is 3. The molecule has 3 heteroatoms. The molecule has 1 aromatic rings. The summed E-state index contributed by atoms with van der Waals surface area (Å²) in [5.74, 6) is 2.33. The van der Waals surface area contributed by atoms with Gasteiger partial charge in [0.05, 0.1) is 0 Å². The highest BCUT2D eigenvalue weighted by Gasteiger charge is 2.26. The lowest BCUT2D eigenvalue weighted by Crippen LogP contribution is -2.26. The molecule has 0 bridgehead atoms. The third-order valence-corrected chi connectivity index (χ3v) is 3.44. The Kier molecular flexibility index (Phi) is 2.06. The van der Waals surface area contributed by atoms with E-state index in [0.29, 0.717) is 12.7 Å². The molecule has 0 aromatic heterocycles. The van der Waals surface area contributed by atoms with Gasteiger partial charge in [-0.2, -0.15) is 0 Å². The molecule has 0 radical (unpaired) electrons. The van der Waals surface area contributed by atoms with Gasteiger partial charge in [-0.05, 0) is 36.5 Å². The Bertz CT molecular complexity index is 374. The first-order chi connectivity index (χ1) is 7.34. The highest BCUT2D eigenvalue weighted by atomic mass is 16.7. The Hall–Kier alpha value is -1.22. The Morgan fingerprint density at radius 3 is 2.73 bits per heavy atom. The molecule has 2 N–H and O–H groups in total. The smallest absolute Gasteiger partial charge is 0.231 e. The van der Waals surface area contributed by atoms with Crippen LogP contribution in [-0.2, 0) is 0 Å². The maximum atomic E-state index is 6.20. The van der Waals surface area contributed by atoms with E-state index in [1.54, 1.807) is 0 Å². The first kappa shape index (κ1) is 9.04. The van der Waals surface area contributed by atoms with Gasteiger partial charge in [0, 0.05) is 6.04 Å². The van der Waals surface area contributed by atoms with Crippen molar-refractivity contribution in [1.29, 1.82) is 0 Å². The second-order valence-electron chi connectivity index (χ2n) is 4.33. The van der Waals surface area contributed by atoms with Crippen molar-refractivity contribution >= 4 is 0 Å². The maximum absolute atomic E-state index is 6.20. The monoisotopic (exact) mass is 205 g/mol. The quantitative estimate of drug-likeness (QED) is 0.805. The van der Waals surface area contributed by atoms with Crippen LogP contribution in [-0.4, -0.2) is 6.79 Å². The summed E-state index contributed by atoms with van der Waals surface area (Å²) in [7, 11) is 0. The molecule has 1 fully saturated rings. The van der Waals surface area contributed by atoms with Crippen LogP contribution >= 0.6 is 0 Å². The zero-order valence-corrected chi connectivity index (χ0v) is 8.61. The van der Waals surface area contributed by atoms with E-state index in [-0.39, 0.29) is 6.04 Å². The molecule has 1 aliphatic heterocycles. The van der Waals surface area contributed by atoms with Crippen LogP contribution < -0.4 is 15.2 Å². The lowest BCUT2D eigenvalue weighted by atomic mass is 9.77. The van der Waals surface area contributed by atoms with Gasteiger partial charge in [-0.3, -0.25) is 0 Å². The van der Waals surface area contributed by atoms with Crippen LogP contribution in [0.1, 0.15) is 30.9 Å². The minimum Gasteiger partial charge on any atom is -0.454 e. The third-order valence-electron chi connectivity index (χ3n) is 3.44. The number of hydrogen-bond donors (Lipinski definition) is 1. The third kappa shape index (κ3) is 1.47. The van der Waals surface area contributed by atoms with Crippen molar-refractivity contribution in [3.63, 3.8) is 0 Å². The summed E-state index contributed by atoms with van der Waals surface area (Å²) in [6.07, 6.45) is 3.84. The topological polar surface area (TPSA) is 44.5 Å². The number of benzene rings is 1. The summed E-state index contributed by atoms with van der Waals surface area (Å²) in [4.78, 5) is 0. The van der Waals surface area contributed by atoms with Crippen molar-refractivity contribution in [2.75, 3.05) is 6.79 Å². The number of ether oxygens (including phenoxy) is 2. The average molecular weight is 205 g/mol. The summed E-state index contributed by atoms with van der Waals surface area (Å²) in [6, 6.07) is 6.19. The Balaban J connectivity index is 1.85. The molecular formula is C12H15NO2. The van der Waals surface area contributed by atoms with Crippen LogP contribution in [0, 0.1) is 5.92 Å². The Morgan fingerprint density at radius 2 is 2.00 bits per heavy atom. The van der Waals surface area contributed by atoms with Crippen LogP contribution in [0.15, 0.2) is 18.2 Å². The molecule has 1 atom stereocenters. The highest BCUT2D eigenvalue weighted by molar-refractivity contribution is 5.45. The maximum Gasteiger partial charge on any atom is 0.231 e. The van der Waals surface area contributed by atoms with Crippen molar-refractivity contribution in [1.82, 2.24) is 0 Å². The molecule has 3 rings (SSSR count). The van der Waals surface area contributed by atoms with E-state index in [1.807, 2.05) is 12.1 Å².